The Morgan fingerprint density at radius 2 is 1.97 bits per heavy atom. The lowest BCUT2D eigenvalue weighted by Gasteiger charge is -2.21. The maximum atomic E-state index is 14.0. The number of nitrogens with zero attached hydrogens (tertiary/aromatic N) is 2. The van der Waals surface area contributed by atoms with Crippen molar-refractivity contribution < 1.29 is 13.6 Å². The van der Waals surface area contributed by atoms with Gasteiger partial charge in [0.05, 0.1) is 5.69 Å². The first kappa shape index (κ1) is 22.5. The van der Waals surface area contributed by atoms with Gasteiger partial charge in [-0.15, -0.1) is 0 Å². The van der Waals surface area contributed by atoms with E-state index in [1.165, 1.54) is 12.1 Å². The topological polar surface area (TPSA) is 68.8 Å². The Kier molecular flexibility index (Phi) is 8.20. The Labute approximate surface area is 181 Å². The summed E-state index contributed by atoms with van der Waals surface area (Å²) in [5.74, 6) is -0.507. The Morgan fingerprint density at radius 1 is 1.16 bits per heavy atom. The molecule has 1 unspecified atom stereocenters. The third-order valence-corrected chi connectivity index (χ3v) is 5.05. The van der Waals surface area contributed by atoms with Crippen molar-refractivity contribution >= 4 is 17.6 Å². The number of benzene rings is 2. The third kappa shape index (κ3) is 6.67. The van der Waals surface area contributed by atoms with Crippen molar-refractivity contribution in [2.24, 2.45) is 4.99 Å². The standard InChI is InChI=1S/C23H29F2N5O/c1-2-26-23(28-13-6-12-27-22(31)17-7-4-3-5-8-17)29-19-11-14-30(16-19)21-10-9-18(24)15-20(21)25/h3-5,7-10,15,19H,2,6,11-14,16H2,1H3,(H,27,31)(H2,26,28,29). The molecule has 3 N–H and O–H groups in total. The summed E-state index contributed by atoms with van der Waals surface area (Å²) in [5, 5.41) is 9.50. The zero-order valence-electron chi connectivity index (χ0n) is 17.7. The van der Waals surface area contributed by atoms with E-state index in [9.17, 15) is 13.6 Å². The first-order valence-corrected chi connectivity index (χ1v) is 10.6. The molecule has 1 aliphatic rings. The number of carbonyl (C=O) groups is 1. The van der Waals surface area contributed by atoms with E-state index in [1.807, 2.05) is 30.0 Å². The van der Waals surface area contributed by atoms with Crippen LogP contribution >= 0.6 is 0 Å². The van der Waals surface area contributed by atoms with E-state index in [2.05, 4.69) is 20.9 Å². The highest BCUT2D eigenvalue weighted by Gasteiger charge is 2.25. The number of halogens is 2. The summed E-state index contributed by atoms with van der Waals surface area (Å²) < 4.78 is 27.2. The Balaban J connectivity index is 1.45. The molecule has 0 aromatic heterocycles. The number of carbonyl (C=O) groups excluding carboxylic acids is 1. The van der Waals surface area contributed by atoms with Gasteiger partial charge in [0.2, 0.25) is 0 Å². The van der Waals surface area contributed by atoms with Gasteiger partial charge >= 0.3 is 0 Å². The van der Waals surface area contributed by atoms with Crippen LogP contribution in [-0.2, 0) is 0 Å². The van der Waals surface area contributed by atoms with Gasteiger partial charge in [-0.2, -0.15) is 0 Å². The molecule has 2 aromatic rings. The highest BCUT2D eigenvalue weighted by atomic mass is 19.1. The van der Waals surface area contributed by atoms with Crippen molar-refractivity contribution in [3.05, 3.63) is 65.7 Å². The minimum absolute atomic E-state index is 0.0892. The first-order chi connectivity index (χ1) is 15.1. The second-order valence-corrected chi connectivity index (χ2v) is 7.41. The summed E-state index contributed by atoms with van der Waals surface area (Å²) in [6.45, 7) is 5.11. The van der Waals surface area contributed by atoms with Gasteiger partial charge in [-0.1, -0.05) is 18.2 Å². The largest absolute Gasteiger partial charge is 0.367 e. The van der Waals surface area contributed by atoms with Gasteiger partial charge in [0.1, 0.15) is 11.6 Å². The zero-order valence-corrected chi connectivity index (χ0v) is 17.7. The summed E-state index contributed by atoms with van der Waals surface area (Å²) in [7, 11) is 0. The summed E-state index contributed by atoms with van der Waals surface area (Å²) >= 11 is 0. The van der Waals surface area contributed by atoms with Crippen LogP contribution in [0.3, 0.4) is 0 Å². The first-order valence-electron chi connectivity index (χ1n) is 10.6. The van der Waals surface area contributed by atoms with E-state index in [4.69, 9.17) is 0 Å². The fourth-order valence-electron chi connectivity index (χ4n) is 3.51. The van der Waals surface area contributed by atoms with E-state index < -0.39 is 11.6 Å². The summed E-state index contributed by atoms with van der Waals surface area (Å²) in [5.41, 5.74) is 1.06. The van der Waals surface area contributed by atoms with Crippen LogP contribution in [0.15, 0.2) is 53.5 Å². The number of guanidine groups is 1. The van der Waals surface area contributed by atoms with E-state index in [0.717, 1.165) is 19.0 Å². The molecule has 8 heteroatoms. The lowest BCUT2D eigenvalue weighted by atomic mass is 10.2. The Morgan fingerprint density at radius 3 is 2.71 bits per heavy atom. The number of amides is 1. The van der Waals surface area contributed by atoms with Gasteiger partial charge in [0.25, 0.3) is 5.91 Å². The number of rotatable bonds is 8. The smallest absolute Gasteiger partial charge is 0.251 e. The van der Waals surface area contributed by atoms with Gasteiger partial charge in [-0.3, -0.25) is 9.79 Å². The van der Waals surface area contributed by atoms with Crippen molar-refractivity contribution in [3.8, 4) is 0 Å². The molecule has 1 amide bonds. The van der Waals surface area contributed by atoms with Crippen LogP contribution in [-0.4, -0.2) is 50.6 Å². The van der Waals surface area contributed by atoms with Crippen molar-refractivity contribution in [2.75, 3.05) is 37.6 Å². The molecule has 3 rings (SSSR count). The average molecular weight is 430 g/mol. The molecule has 2 aromatic carbocycles. The molecule has 6 nitrogen and oxygen atoms in total. The molecule has 1 atom stereocenters. The Hall–Kier alpha value is -3.16. The maximum Gasteiger partial charge on any atom is 0.251 e. The van der Waals surface area contributed by atoms with Crippen LogP contribution in [0.5, 0.6) is 0 Å². The summed E-state index contributed by atoms with van der Waals surface area (Å²) in [4.78, 5) is 18.5. The number of nitrogens with one attached hydrogen (secondary N) is 3. The second-order valence-electron chi connectivity index (χ2n) is 7.41. The van der Waals surface area contributed by atoms with E-state index in [-0.39, 0.29) is 11.9 Å². The molecule has 166 valence electrons. The number of hydrogen-bond donors (Lipinski definition) is 3. The van der Waals surface area contributed by atoms with Crippen LogP contribution in [0.2, 0.25) is 0 Å². The van der Waals surface area contributed by atoms with Crippen LogP contribution < -0.4 is 20.9 Å². The molecular weight excluding hydrogens is 400 g/mol. The number of aliphatic imine (C=N–C) groups is 1. The SMILES string of the molecule is CCNC(=NCCCNC(=O)c1ccccc1)NC1CCN(c2ccc(F)cc2F)C1. The van der Waals surface area contributed by atoms with Crippen LogP contribution in [0.25, 0.3) is 0 Å². The monoisotopic (exact) mass is 429 g/mol. The predicted octanol–water partition coefficient (Wildman–Crippen LogP) is 2.92. The molecule has 0 bridgehead atoms. The Bertz CT molecular complexity index is 891. The quantitative estimate of drug-likeness (QED) is 0.343. The molecule has 1 heterocycles. The third-order valence-electron chi connectivity index (χ3n) is 5.05. The molecule has 1 fully saturated rings. The highest BCUT2D eigenvalue weighted by Crippen LogP contribution is 2.24. The fourth-order valence-corrected chi connectivity index (χ4v) is 3.51. The molecule has 0 radical (unpaired) electrons. The van der Waals surface area contributed by atoms with Crippen molar-refractivity contribution in [1.29, 1.82) is 0 Å². The summed E-state index contributed by atoms with van der Waals surface area (Å²) in [6, 6.07) is 12.9. The van der Waals surface area contributed by atoms with Crippen LogP contribution in [0.1, 0.15) is 30.1 Å². The van der Waals surface area contributed by atoms with E-state index >= 15 is 0 Å². The molecule has 0 spiro atoms. The second kappa shape index (κ2) is 11.3. The van der Waals surface area contributed by atoms with Crippen LogP contribution in [0.4, 0.5) is 14.5 Å². The molecular formula is C23H29F2N5O. The fraction of sp³-hybridized carbons (Fsp3) is 0.391. The lowest BCUT2D eigenvalue weighted by molar-refractivity contribution is 0.0953. The number of hydrogen-bond acceptors (Lipinski definition) is 3. The summed E-state index contributed by atoms with van der Waals surface area (Å²) in [6.07, 6.45) is 1.54. The van der Waals surface area contributed by atoms with E-state index in [1.54, 1.807) is 12.1 Å². The maximum absolute atomic E-state index is 14.0. The predicted molar refractivity (Wildman–Crippen MR) is 119 cm³/mol. The molecule has 0 aliphatic carbocycles. The molecule has 31 heavy (non-hydrogen) atoms. The van der Waals surface area contributed by atoms with E-state index in [0.29, 0.717) is 49.8 Å². The average Bonchev–Trinajstić information content (AvgIpc) is 3.22. The van der Waals surface area contributed by atoms with Crippen molar-refractivity contribution in [1.82, 2.24) is 16.0 Å². The van der Waals surface area contributed by atoms with Gasteiger partial charge in [0, 0.05) is 50.4 Å². The minimum Gasteiger partial charge on any atom is -0.367 e. The van der Waals surface area contributed by atoms with Gasteiger partial charge < -0.3 is 20.9 Å². The minimum atomic E-state index is -0.573. The molecule has 1 aliphatic heterocycles. The van der Waals surface area contributed by atoms with Gasteiger partial charge in [-0.25, -0.2) is 8.78 Å². The highest BCUT2D eigenvalue weighted by molar-refractivity contribution is 5.94. The normalized spacial score (nSPS) is 16.3. The molecule has 1 saturated heterocycles. The molecule has 0 saturated carbocycles. The van der Waals surface area contributed by atoms with Gasteiger partial charge in [-0.05, 0) is 44.0 Å². The lowest BCUT2D eigenvalue weighted by Crippen LogP contribution is -2.44. The van der Waals surface area contributed by atoms with Crippen molar-refractivity contribution in [2.45, 2.75) is 25.8 Å². The van der Waals surface area contributed by atoms with Crippen molar-refractivity contribution in [3.63, 3.8) is 0 Å². The number of anilines is 1. The van der Waals surface area contributed by atoms with Gasteiger partial charge in [0.15, 0.2) is 5.96 Å². The van der Waals surface area contributed by atoms with Crippen LogP contribution in [0, 0.1) is 11.6 Å². The zero-order chi connectivity index (χ0) is 22.1.